The van der Waals surface area contributed by atoms with Gasteiger partial charge in [-0.25, -0.2) is 4.39 Å². The fourth-order valence-electron chi connectivity index (χ4n) is 1.39. The highest BCUT2D eigenvalue weighted by Crippen LogP contribution is 2.42. The van der Waals surface area contributed by atoms with E-state index in [1.54, 1.807) is 13.0 Å². The Morgan fingerprint density at radius 3 is 2.50 bits per heavy atom. The zero-order chi connectivity index (χ0) is 11.0. The van der Waals surface area contributed by atoms with Crippen LogP contribution >= 0.6 is 0 Å². The molecule has 0 aromatic rings. The van der Waals surface area contributed by atoms with Crippen molar-refractivity contribution >= 4 is 0 Å². The van der Waals surface area contributed by atoms with Gasteiger partial charge in [0.05, 0.1) is 5.60 Å². The summed E-state index contributed by atoms with van der Waals surface area (Å²) in [6.07, 6.45) is -1.47. The number of rotatable bonds is 3. The first-order chi connectivity index (χ1) is 6.29. The van der Waals surface area contributed by atoms with E-state index in [0.717, 1.165) is 0 Å². The van der Waals surface area contributed by atoms with Crippen LogP contribution in [0.4, 0.5) is 13.2 Å². The van der Waals surface area contributed by atoms with Crippen LogP contribution in [0.1, 0.15) is 20.3 Å². The zero-order valence-electron chi connectivity index (χ0n) is 8.01. The molecule has 0 spiro atoms. The quantitative estimate of drug-likeness (QED) is 0.722. The Morgan fingerprint density at radius 1 is 1.57 bits per heavy atom. The van der Waals surface area contributed by atoms with Gasteiger partial charge in [0.1, 0.15) is 6.10 Å². The molecule has 1 fully saturated rings. The minimum absolute atomic E-state index is 0.315. The fraction of sp³-hybridized carbons (Fsp3) is 0.778. The maximum absolute atomic E-state index is 12.7. The molecular weight excluding hydrogens is 197 g/mol. The van der Waals surface area contributed by atoms with Gasteiger partial charge in [-0.2, -0.15) is 8.78 Å². The number of ether oxygens (including phenoxy) is 1. The van der Waals surface area contributed by atoms with E-state index < -0.39 is 24.0 Å². The Bertz CT molecular complexity index is 238. The van der Waals surface area contributed by atoms with Crippen molar-refractivity contribution in [2.24, 2.45) is 0 Å². The van der Waals surface area contributed by atoms with Gasteiger partial charge >= 0.3 is 5.92 Å². The average Bonchev–Trinajstić information content (AvgIpc) is 2.03. The first-order valence-electron chi connectivity index (χ1n) is 4.33. The van der Waals surface area contributed by atoms with Crippen LogP contribution in [-0.2, 0) is 4.74 Å². The SMILES string of the molecule is CC=CC(C)(O)CC1OC(F)C1(F)F. The Labute approximate surface area is 80.4 Å². The molecule has 1 aliphatic heterocycles. The second-order valence-electron chi connectivity index (χ2n) is 3.68. The first-order valence-corrected chi connectivity index (χ1v) is 4.33. The molecule has 82 valence electrons. The Kier molecular flexibility index (Phi) is 2.92. The lowest BCUT2D eigenvalue weighted by molar-refractivity contribution is -0.364. The molecule has 2 nitrogen and oxygen atoms in total. The molecule has 1 N–H and O–H groups in total. The number of allylic oxidation sites excluding steroid dienone is 1. The largest absolute Gasteiger partial charge is 0.386 e. The topological polar surface area (TPSA) is 29.5 Å². The van der Waals surface area contributed by atoms with E-state index in [1.807, 2.05) is 0 Å². The normalized spacial score (nSPS) is 35.3. The molecule has 14 heavy (non-hydrogen) atoms. The Morgan fingerprint density at radius 2 is 2.14 bits per heavy atom. The molecule has 3 atom stereocenters. The smallest absolute Gasteiger partial charge is 0.328 e. The summed E-state index contributed by atoms with van der Waals surface area (Å²) in [6, 6.07) is 0. The molecule has 5 heteroatoms. The highest BCUT2D eigenvalue weighted by atomic mass is 19.3. The molecule has 1 rings (SSSR count). The van der Waals surface area contributed by atoms with Gasteiger partial charge in [-0.1, -0.05) is 12.2 Å². The van der Waals surface area contributed by atoms with Crippen molar-refractivity contribution in [2.75, 3.05) is 0 Å². The van der Waals surface area contributed by atoms with Crippen molar-refractivity contribution < 1.29 is 23.0 Å². The minimum atomic E-state index is -3.48. The molecule has 1 saturated heterocycles. The predicted molar refractivity (Wildman–Crippen MR) is 44.8 cm³/mol. The van der Waals surface area contributed by atoms with Crippen LogP contribution in [0.25, 0.3) is 0 Å². The van der Waals surface area contributed by atoms with Crippen molar-refractivity contribution in [3.63, 3.8) is 0 Å². The molecule has 1 aliphatic rings. The van der Waals surface area contributed by atoms with Crippen molar-refractivity contribution in [3.05, 3.63) is 12.2 Å². The van der Waals surface area contributed by atoms with E-state index in [9.17, 15) is 18.3 Å². The molecule has 3 unspecified atom stereocenters. The molecule has 0 saturated carbocycles. The molecule has 0 aliphatic carbocycles. The lowest BCUT2D eigenvalue weighted by atomic mass is 9.92. The third-order valence-corrected chi connectivity index (χ3v) is 2.14. The van der Waals surface area contributed by atoms with Gasteiger partial charge in [-0.05, 0) is 13.8 Å². The first kappa shape index (κ1) is 11.5. The van der Waals surface area contributed by atoms with Gasteiger partial charge in [0, 0.05) is 6.42 Å². The molecule has 0 aromatic carbocycles. The van der Waals surface area contributed by atoms with E-state index in [0.29, 0.717) is 0 Å². The molecule has 0 bridgehead atoms. The van der Waals surface area contributed by atoms with E-state index >= 15 is 0 Å². The van der Waals surface area contributed by atoms with Crippen LogP contribution in [0.3, 0.4) is 0 Å². The predicted octanol–water partition coefficient (Wildman–Crippen LogP) is 2.03. The summed E-state index contributed by atoms with van der Waals surface area (Å²) in [4.78, 5) is 0. The molecule has 1 heterocycles. The standard InChI is InChI=1S/C9H13F3O2/c1-3-4-8(2,13)5-6-9(11,12)7(10)14-6/h3-4,6-7,13H,5H2,1-2H3. The van der Waals surface area contributed by atoms with Crippen molar-refractivity contribution in [1.82, 2.24) is 0 Å². The second-order valence-corrected chi connectivity index (χ2v) is 3.68. The summed E-state index contributed by atoms with van der Waals surface area (Å²) in [7, 11) is 0. The van der Waals surface area contributed by atoms with Gasteiger partial charge < -0.3 is 9.84 Å². The van der Waals surface area contributed by atoms with Crippen LogP contribution in [0.5, 0.6) is 0 Å². The maximum atomic E-state index is 12.7. The third-order valence-electron chi connectivity index (χ3n) is 2.14. The van der Waals surface area contributed by atoms with Crippen LogP contribution in [-0.4, -0.2) is 29.1 Å². The van der Waals surface area contributed by atoms with Gasteiger partial charge in [0.25, 0.3) is 6.36 Å². The van der Waals surface area contributed by atoms with Gasteiger partial charge in [0.2, 0.25) is 0 Å². The van der Waals surface area contributed by atoms with E-state index in [1.165, 1.54) is 13.0 Å². The Balaban J connectivity index is 2.55. The van der Waals surface area contributed by atoms with E-state index in [2.05, 4.69) is 4.74 Å². The maximum Gasteiger partial charge on any atom is 0.328 e. The van der Waals surface area contributed by atoms with Crippen molar-refractivity contribution in [2.45, 2.75) is 44.3 Å². The summed E-state index contributed by atoms with van der Waals surface area (Å²) in [5, 5.41) is 9.55. The fourth-order valence-corrected chi connectivity index (χ4v) is 1.39. The number of halogens is 3. The van der Waals surface area contributed by atoms with Crippen molar-refractivity contribution in [3.8, 4) is 0 Å². The van der Waals surface area contributed by atoms with Crippen LogP contribution in [0.15, 0.2) is 12.2 Å². The monoisotopic (exact) mass is 210 g/mol. The molecule has 0 amide bonds. The van der Waals surface area contributed by atoms with E-state index in [-0.39, 0.29) is 6.42 Å². The number of aliphatic hydroxyl groups is 1. The number of alkyl halides is 3. The highest BCUT2D eigenvalue weighted by molar-refractivity contribution is 5.03. The summed E-state index contributed by atoms with van der Waals surface area (Å²) >= 11 is 0. The number of hydrogen-bond acceptors (Lipinski definition) is 2. The van der Waals surface area contributed by atoms with Crippen LogP contribution in [0, 0.1) is 0 Å². The minimum Gasteiger partial charge on any atom is -0.386 e. The summed E-state index contributed by atoms with van der Waals surface area (Å²) in [5.74, 6) is -3.48. The lowest BCUT2D eigenvalue weighted by Crippen LogP contribution is -2.59. The second kappa shape index (κ2) is 3.55. The molecular formula is C9H13F3O2. The summed E-state index contributed by atoms with van der Waals surface area (Å²) in [5.41, 5.74) is -1.39. The Hall–Kier alpha value is -0.550. The van der Waals surface area contributed by atoms with Crippen LogP contribution in [0.2, 0.25) is 0 Å². The lowest BCUT2D eigenvalue weighted by Gasteiger charge is -2.41. The highest BCUT2D eigenvalue weighted by Gasteiger charge is 2.61. The molecule has 0 aromatic heterocycles. The summed E-state index contributed by atoms with van der Waals surface area (Å²) in [6.45, 7) is 3.03. The van der Waals surface area contributed by atoms with E-state index in [4.69, 9.17) is 0 Å². The third kappa shape index (κ3) is 2.09. The van der Waals surface area contributed by atoms with Gasteiger partial charge in [0.15, 0.2) is 0 Å². The number of hydrogen-bond donors (Lipinski definition) is 1. The van der Waals surface area contributed by atoms with Gasteiger partial charge in [-0.15, -0.1) is 0 Å². The van der Waals surface area contributed by atoms with Crippen molar-refractivity contribution in [1.29, 1.82) is 0 Å². The summed E-state index contributed by atoms with van der Waals surface area (Å²) < 4.78 is 41.9. The van der Waals surface area contributed by atoms with Gasteiger partial charge in [-0.3, -0.25) is 0 Å². The average molecular weight is 210 g/mol. The van der Waals surface area contributed by atoms with Crippen LogP contribution < -0.4 is 0 Å². The zero-order valence-corrected chi connectivity index (χ0v) is 8.01. The molecule has 0 radical (unpaired) electrons.